The third-order valence-corrected chi connectivity index (χ3v) is 3.40. The van der Waals surface area contributed by atoms with Crippen LogP contribution in [0.4, 0.5) is 10.1 Å². The van der Waals surface area contributed by atoms with E-state index in [-0.39, 0.29) is 25.1 Å². The van der Waals surface area contributed by atoms with Crippen LogP contribution in [0.15, 0.2) is 48.5 Å². The van der Waals surface area contributed by atoms with Crippen LogP contribution in [0.2, 0.25) is 0 Å². The zero-order valence-electron chi connectivity index (χ0n) is 12.3. The van der Waals surface area contributed by atoms with Crippen molar-refractivity contribution >= 4 is 17.6 Å². The van der Waals surface area contributed by atoms with E-state index < -0.39 is 17.8 Å². The van der Waals surface area contributed by atoms with Crippen molar-refractivity contribution in [3.63, 3.8) is 0 Å². The molecule has 0 radical (unpaired) electrons. The number of aliphatic carboxylic acids is 1. The van der Waals surface area contributed by atoms with Crippen LogP contribution in [0.1, 0.15) is 22.3 Å². The van der Waals surface area contributed by atoms with Crippen LogP contribution < -0.4 is 4.90 Å². The Hall–Kier alpha value is -2.89. The van der Waals surface area contributed by atoms with Gasteiger partial charge in [0.1, 0.15) is 5.82 Å². The van der Waals surface area contributed by atoms with Crippen LogP contribution in [-0.4, -0.2) is 28.7 Å². The number of benzene rings is 2. The highest BCUT2D eigenvalue weighted by molar-refractivity contribution is 5.89. The molecule has 5 nitrogen and oxygen atoms in total. The average molecular weight is 317 g/mol. The minimum atomic E-state index is -1.04. The molecule has 120 valence electrons. The fourth-order valence-electron chi connectivity index (χ4n) is 2.25. The molecule has 0 heterocycles. The van der Waals surface area contributed by atoms with Crippen molar-refractivity contribution in [2.24, 2.45) is 0 Å². The van der Waals surface area contributed by atoms with Gasteiger partial charge in [-0.3, -0.25) is 4.79 Å². The van der Waals surface area contributed by atoms with E-state index in [0.717, 1.165) is 0 Å². The first-order valence-corrected chi connectivity index (χ1v) is 7.01. The van der Waals surface area contributed by atoms with Gasteiger partial charge >= 0.3 is 11.9 Å². The average Bonchev–Trinajstić information content (AvgIpc) is 2.52. The van der Waals surface area contributed by atoms with Gasteiger partial charge in [-0.1, -0.05) is 18.2 Å². The monoisotopic (exact) mass is 317 g/mol. The number of carbonyl (C=O) groups is 2. The van der Waals surface area contributed by atoms with Crippen LogP contribution in [0.3, 0.4) is 0 Å². The summed E-state index contributed by atoms with van der Waals surface area (Å²) in [5, 5.41) is 18.1. The molecule has 0 aliphatic carbocycles. The van der Waals surface area contributed by atoms with Gasteiger partial charge in [-0.15, -0.1) is 0 Å². The second kappa shape index (κ2) is 7.40. The van der Waals surface area contributed by atoms with Gasteiger partial charge in [0.2, 0.25) is 0 Å². The molecule has 0 unspecified atom stereocenters. The van der Waals surface area contributed by atoms with E-state index in [1.807, 2.05) is 0 Å². The fraction of sp³-hybridized carbons (Fsp3) is 0.176. The zero-order valence-corrected chi connectivity index (χ0v) is 12.3. The summed E-state index contributed by atoms with van der Waals surface area (Å²) < 4.78 is 13.1. The number of aromatic carboxylic acids is 1. The molecular formula is C17H16FNO4. The molecule has 6 heteroatoms. The largest absolute Gasteiger partial charge is 0.481 e. The number of halogens is 1. The number of carboxylic acids is 2. The molecule has 0 aliphatic heterocycles. The molecule has 0 spiro atoms. The number of rotatable bonds is 7. The SMILES string of the molecule is O=C(O)CCN(Cc1ccccc1C(=O)O)c1ccc(F)cc1. The third-order valence-electron chi connectivity index (χ3n) is 3.40. The number of carboxylic acid groups (broad SMARTS) is 2. The number of hydrogen-bond acceptors (Lipinski definition) is 3. The molecular weight excluding hydrogens is 301 g/mol. The molecule has 2 rings (SSSR count). The van der Waals surface area contributed by atoms with E-state index in [4.69, 9.17) is 5.11 Å². The van der Waals surface area contributed by atoms with Gasteiger partial charge < -0.3 is 15.1 Å². The Morgan fingerprint density at radius 2 is 1.65 bits per heavy atom. The lowest BCUT2D eigenvalue weighted by Gasteiger charge is -2.25. The van der Waals surface area contributed by atoms with Crippen molar-refractivity contribution in [3.05, 3.63) is 65.5 Å². The Morgan fingerprint density at radius 1 is 1.00 bits per heavy atom. The zero-order chi connectivity index (χ0) is 16.8. The number of nitrogens with zero attached hydrogens (tertiary/aromatic N) is 1. The summed E-state index contributed by atoms with van der Waals surface area (Å²) in [6.45, 7) is 0.413. The Kier molecular flexibility index (Phi) is 5.30. The lowest BCUT2D eigenvalue weighted by molar-refractivity contribution is -0.136. The van der Waals surface area contributed by atoms with E-state index >= 15 is 0 Å². The predicted molar refractivity (Wildman–Crippen MR) is 83.1 cm³/mol. The standard InChI is InChI=1S/C17H16FNO4/c18-13-5-7-14(8-6-13)19(10-9-16(20)21)11-12-3-1-2-4-15(12)17(22)23/h1-8H,9-11H2,(H,20,21)(H,22,23). The summed E-state index contributed by atoms with van der Waals surface area (Å²) in [6, 6.07) is 12.2. The van der Waals surface area contributed by atoms with Gasteiger partial charge in [0.15, 0.2) is 0 Å². The van der Waals surface area contributed by atoms with Gasteiger partial charge in [0.25, 0.3) is 0 Å². The van der Waals surface area contributed by atoms with Gasteiger partial charge in [-0.25, -0.2) is 9.18 Å². The maximum Gasteiger partial charge on any atom is 0.336 e. The molecule has 23 heavy (non-hydrogen) atoms. The molecule has 2 aromatic rings. The summed E-state index contributed by atoms with van der Waals surface area (Å²) in [7, 11) is 0. The lowest BCUT2D eigenvalue weighted by Crippen LogP contribution is -2.26. The minimum Gasteiger partial charge on any atom is -0.481 e. The maximum atomic E-state index is 13.1. The van der Waals surface area contributed by atoms with E-state index in [1.165, 1.54) is 18.2 Å². The predicted octanol–water partition coefficient (Wildman–Crippen LogP) is 3.01. The summed E-state index contributed by atoms with van der Waals surface area (Å²) >= 11 is 0. The molecule has 0 bridgehead atoms. The normalized spacial score (nSPS) is 10.3. The van der Waals surface area contributed by atoms with Crippen LogP contribution >= 0.6 is 0 Å². The molecule has 0 fully saturated rings. The van der Waals surface area contributed by atoms with Crippen molar-refractivity contribution in [1.29, 1.82) is 0 Å². The van der Waals surface area contributed by atoms with Gasteiger partial charge in [0.05, 0.1) is 12.0 Å². The van der Waals surface area contributed by atoms with E-state index in [1.54, 1.807) is 35.2 Å². The van der Waals surface area contributed by atoms with Gasteiger partial charge in [-0.2, -0.15) is 0 Å². The second-order valence-corrected chi connectivity index (χ2v) is 5.00. The maximum absolute atomic E-state index is 13.1. The summed E-state index contributed by atoms with van der Waals surface area (Å²) in [5.41, 5.74) is 1.36. The Balaban J connectivity index is 2.29. The Morgan fingerprint density at radius 3 is 2.26 bits per heavy atom. The summed E-state index contributed by atoms with van der Waals surface area (Å²) in [6.07, 6.45) is -0.105. The van der Waals surface area contributed by atoms with Crippen LogP contribution in [0.25, 0.3) is 0 Å². The fourth-order valence-corrected chi connectivity index (χ4v) is 2.25. The molecule has 0 saturated heterocycles. The molecule has 0 atom stereocenters. The highest BCUT2D eigenvalue weighted by Gasteiger charge is 2.14. The minimum absolute atomic E-state index is 0.105. The topological polar surface area (TPSA) is 77.8 Å². The molecule has 0 aliphatic rings. The van der Waals surface area contributed by atoms with E-state index in [0.29, 0.717) is 11.3 Å². The number of hydrogen-bond donors (Lipinski definition) is 2. The first kappa shape index (κ1) is 16.5. The Bertz CT molecular complexity index is 700. The van der Waals surface area contributed by atoms with Crippen LogP contribution in [-0.2, 0) is 11.3 Å². The highest BCUT2D eigenvalue weighted by Crippen LogP contribution is 2.20. The molecule has 2 N–H and O–H groups in total. The summed E-state index contributed by atoms with van der Waals surface area (Å²) in [4.78, 5) is 23.8. The molecule has 2 aromatic carbocycles. The lowest BCUT2D eigenvalue weighted by atomic mass is 10.1. The quantitative estimate of drug-likeness (QED) is 0.821. The van der Waals surface area contributed by atoms with Crippen molar-refractivity contribution < 1.29 is 24.2 Å². The van der Waals surface area contributed by atoms with Crippen molar-refractivity contribution in [2.45, 2.75) is 13.0 Å². The van der Waals surface area contributed by atoms with Crippen molar-refractivity contribution in [2.75, 3.05) is 11.4 Å². The van der Waals surface area contributed by atoms with Gasteiger partial charge in [-0.05, 0) is 35.9 Å². The van der Waals surface area contributed by atoms with Gasteiger partial charge in [0, 0.05) is 18.8 Å². The number of anilines is 1. The van der Waals surface area contributed by atoms with E-state index in [2.05, 4.69) is 0 Å². The van der Waals surface area contributed by atoms with Crippen LogP contribution in [0.5, 0.6) is 0 Å². The smallest absolute Gasteiger partial charge is 0.336 e. The third kappa shape index (κ3) is 4.54. The van der Waals surface area contributed by atoms with Crippen molar-refractivity contribution in [1.82, 2.24) is 0 Å². The highest BCUT2D eigenvalue weighted by atomic mass is 19.1. The van der Waals surface area contributed by atoms with Crippen molar-refractivity contribution in [3.8, 4) is 0 Å². The second-order valence-electron chi connectivity index (χ2n) is 5.00. The first-order valence-electron chi connectivity index (χ1n) is 7.01. The van der Waals surface area contributed by atoms with Crippen LogP contribution in [0, 0.1) is 5.82 Å². The first-order chi connectivity index (χ1) is 11.0. The molecule has 0 amide bonds. The van der Waals surface area contributed by atoms with E-state index in [9.17, 15) is 19.1 Å². The molecule has 0 saturated carbocycles. The summed E-state index contributed by atoms with van der Waals surface area (Å²) in [5.74, 6) is -2.39. The molecule has 0 aromatic heterocycles. The Labute approximate surface area is 132 Å².